The van der Waals surface area contributed by atoms with Crippen LogP contribution in [0.4, 0.5) is 102 Å². The van der Waals surface area contributed by atoms with Gasteiger partial charge in [0.25, 0.3) is 0 Å². The van der Waals surface area contributed by atoms with E-state index in [0.29, 0.717) is 5.56 Å². The first kappa shape index (κ1) is 88.2. The monoisotopic (exact) mass is 2110 g/mol. The highest BCUT2D eigenvalue weighted by Crippen LogP contribution is 2.56. The third kappa shape index (κ3) is 18.2. The van der Waals surface area contributed by atoms with Crippen molar-refractivity contribution in [3.05, 3.63) is 588 Å². The second kappa shape index (κ2) is 40.6. The van der Waals surface area contributed by atoms with Gasteiger partial charge in [-0.2, -0.15) is 0 Å². The van der Waals surface area contributed by atoms with Crippen LogP contribution in [0.3, 0.4) is 0 Å². The van der Waals surface area contributed by atoms with E-state index in [0.717, 1.165) is 138 Å². The summed E-state index contributed by atoms with van der Waals surface area (Å²) >= 11 is 11.7. The molecule has 24 aromatic rings. The van der Waals surface area contributed by atoms with Gasteiger partial charge in [-0.05, 0) is 292 Å². The Morgan fingerprint density at radius 1 is 0.181 bits per heavy atom. The van der Waals surface area contributed by atoms with E-state index in [9.17, 15) is 0 Å². The zero-order chi connectivity index (χ0) is 105. The van der Waals surface area contributed by atoms with Gasteiger partial charge in [0.05, 0.1) is 28.9 Å². The summed E-state index contributed by atoms with van der Waals surface area (Å²) in [4.78, 5) is 13.8. The van der Waals surface area contributed by atoms with Crippen molar-refractivity contribution >= 4 is 194 Å². The third-order valence-corrected chi connectivity index (χ3v) is 30.0. The summed E-state index contributed by atoms with van der Waals surface area (Å²) < 4.78 is 49.1. The molecule has 26 rings (SSSR count). The Morgan fingerprint density at radius 2 is 0.416 bits per heavy atom. The molecule has 0 unspecified atom stereocenters. The fraction of sp³-hybridized carbons (Fsp3) is 0.0435. The molecule has 0 saturated carbocycles. The van der Waals surface area contributed by atoms with E-state index in [2.05, 4.69) is 587 Å². The molecular formula is C138H103Br3N8. The molecule has 0 aliphatic heterocycles. The van der Waals surface area contributed by atoms with Crippen molar-refractivity contribution in [1.82, 2.24) is 9.13 Å². The molecule has 0 radical (unpaired) electrons. The number of fused-ring (bicyclic) bond motifs is 12. The maximum absolute atomic E-state index is 8.51. The Labute approximate surface area is 902 Å². The largest absolute Gasteiger partial charge is 0.310 e. The van der Waals surface area contributed by atoms with E-state index in [1.54, 1.807) is 0 Å². The Bertz CT molecular complexity index is 9050. The van der Waals surface area contributed by atoms with Gasteiger partial charge in [0, 0.05) is 160 Å². The number of rotatable bonds is 21. The first-order valence-electron chi connectivity index (χ1n) is 52.7. The number of hydrogen-bond donors (Lipinski definition) is 0. The highest BCUT2D eigenvalue weighted by molar-refractivity contribution is 9.11. The van der Waals surface area contributed by atoms with Crippen LogP contribution in [0, 0.1) is 0 Å². The molecule has 0 saturated heterocycles. The standard InChI is InChI=1S/C54H37BrN4.C45H35BrN2.C39H31BrN2/c55-38-33-45(56(39-17-5-1-6-18-39)43-29-31-49-47-25-13-15-27-51(47)58(53(49)36-43)41-21-9-3-10-22-41)35-46(34-38)57(40-19-7-2-8-20-40)44-30-32-50-48-26-14-16-28-52(48)59(54(50)37-44)42-23-11-4-12-24-42;1-45(2)43-21-13-12-20-41(43)42-27-26-38(31-44(42)45)48(36-18-10-5-11-19-36)40-29-34(46)28-39(30-40)47(35-16-8-4-9-17-35)37-24-22-33(23-25-37)32-14-6-3-7-15-32;1-39(2)37-21-13-12-20-35(37)36-23-22-32(27-38(36)39)42(31-18-10-5-11-19-31)34-25-28(40)24-33(26-34)41(29-14-6-3-7-15-29)30-16-8-4-9-17-30/h1-37H;3-31H,1-2H3;3-27H,1-2H3/i;3D,6D,7D,14D,15D;. The van der Waals surface area contributed by atoms with Gasteiger partial charge in [-0.15, -0.1) is 0 Å². The minimum absolute atomic E-state index is 0.0792. The number of aromatic nitrogens is 2. The molecule has 2 heterocycles. The second-order valence-electron chi connectivity index (χ2n) is 38.5. The molecule has 2 aliphatic carbocycles. The van der Waals surface area contributed by atoms with Gasteiger partial charge in [-0.25, -0.2) is 0 Å². The molecule has 22 aromatic carbocycles. The Morgan fingerprint density at radius 3 is 0.732 bits per heavy atom. The van der Waals surface area contributed by atoms with E-state index in [4.69, 9.17) is 6.85 Å². The number of hydrogen-bond acceptors (Lipinski definition) is 6. The lowest BCUT2D eigenvalue weighted by atomic mass is 9.82. The fourth-order valence-electron chi connectivity index (χ4n) is 21.9. The molecule has 149 heavy (non-hydrogen) atoms. The summed E-state index contributed by atoms with van der Waals surface area (Å²) in [6.45, 7) is 9.27. The van der Waals surface area contributed by atoms with E-state index in [1.807, 2.05) is 48.5 Å². The molecule has 2 aromatic heterocycles. The fourth-order valence-corrected chi connectivity index (χ4v) is 23.3. The number of anilines is 18. The average Bonchev–Trinajstić information content (AvgIpc) is 1.58. The maximum Gasteiger partial charge on any atom is 0.0629 e. The summed E-state index contributed by atoms with van der Waals surface area (Å²) in [7, 11) is 0. The quantitative estimate of drug-likeness (QED) is 0.0712. The minimum atomic E-state index is -0.403. The molecule has 0 spiro atoms. The van der Waals surface area contributed by atoms with Crippen molar-refractivity contribution in [2.45, 2.75) is 38.5 Å². The Kier molecular flexibility index (Phi) is 24.0. The third-order valence-electron chi connectivity index (χ3n) is 28.7. The summed E-state index contributed by atoms with van der Waals surface area (Å²) in [6.07, 6.45) is 0. The van der Waals surface area contributed by atoms with Crippen molar-refractivity contribution in [3.63, 3.8) is 0 Å². The van der Waals surface area contributed by atoms with Crippen molar-refractivity contribution in [2.75, 3.05) is 29.4 Å². The van der Waals surface area contributed by atoms with Crippen LogP contribution in [0.15, 0.2) is 565 Å². The summed E-state index contributed by atoms with van der Waals surface area (Å²) in [5.74, 6) is 0. The lowest BCUT2D eigenvalue weighted by Crippen LogP contribution is -2.17. The zero-order valence-electron chi connectivity index (χ0n) is 87.4. The van der Waals surface area contributed by atoms with Gasteiger partial charge in [0.2, 0.25) is 0 Å². The van der Waals surface area contributed by atoms with Gasteiger partial charge < -0.3 is 38.5 Å². The van der Waals surface area contributed by atoms with E-state index in [-0.39, 0.29) is 40.6 Å². The van der Waals surface area contributed by atoms with Gasteiger partial charge >= 0.3 is 0 Å². The maximum atomic E-state index is 8.51. The normalized spacial score (nSPS) is 12.7. The molecule has 0 fully saturated rings. The van der Waals surface area contributed by atoms with Crippen molar-refractivity contribution in [2.24, 2.45) is 0 Å². The van der Waals surface area contributed by atoms with Crippen LogP contribution < -0.4 is 29.4 Å². The summed E-state index contributed by atoms with van der Waals surface area (Å²) in [5, 5.41) is 4.90. The van der Waals surface area contributed by atoms with E-state index < -0.39 is 6.04 Å². The van der Waals surface area contributed by atoms with Gasteiger partial charge in [-0.3, -0.25) is 0 Å². The number of para-hydroxylation sites is 11. The molecule has 11 heteroatoms. The Hall–Kier alpha value is -17.3. The van der Waals surface area contributed by atoms with Crippen LogP contribution in [0.1, 0.15) is 56.8 Å². The lowest BCUT2D eigenvalue weighted by Gasteiger charge is -2.31. The first-order valence-corrected chi connectivity index (χ1v) is 52.5. The van der Waals surface area contributed by atoms with Gasteiger partial charge in [0.15, 0.2) is 0 Å². The molecule has 716 valence electrons. The molecule has 0 atom stereocenters. The van der Waals surface area contributed by atoms with Crippen LogP contribution in [-0.4, -0.2) is 9.13 Å². The highest BCUT2D eigenvalue weighted by Gasteiger charge is 2.39. The molecule has 2 aliphatic rings. The molecule has 0 bridgehead atoms. The van der Waals surface area contributed by atoms with E-state index in [1.165, 1.54) is 77.1 Å². The number of halogens is 3. The molecular weight excluding hydrogens is 2010 g/mol. The smallest absolute Gasteiger partial charge is 0.0629 e. The predicted molar refractivity (Wildman–Crippen MR) is 640 cm³/mol. The number of nitrogens with zero attached hydrogens (tertiary/aromatic N) is 8. The summed E-state index contributed by atoms with van der Waals surface area (Å²) in [5.41, 5.74) is 36.7. The number of benzene rings is 22. The van der Waals surface area contributed by atoms with Crippen LogP contribution in [-0.2, 0) is 10.8 Å². The average molecular weight is 2120 g/mol. The molecule has 0 N–H and O–H groups in total. The zero-order valence-corrected chi connectivity index (χ0v) is 87.1. The van der Waals surface area contributed by atoms with Crippen molar-refractivity contribution < 1.29 is 6.85 Å². The SMILES string of the molecule is Brc1cc(N(c2ccccc2)c2ccc3c4ccccc4n(-c4ccccc4)c3c2)cc(N(c2ccccc2)c2ccc3c4ccccc4n(-c4ccccc4)c3c2)c1.CC1(C)c2ccccc2-c2ccc(N(c3ccccc3)c3cc(Br)cc(N(c4ccccc4)c4ccccc4)c3)cc21.[2H]c1c([2H])c([2H])c(-c2ccc(N(c3ccccc3)c3cc(Br)cc(N(c4ccccc4)c4ccc5c(c4)C(C)(C)c4ccccc4-5)c3)cc2)c([2H])c1[2H]. The second-order valence-corrected chi connectivity index (χ2v) is 41.2. The van der Waals surface area contributed by atoms with Gasteiger partial charge in [-0.1, -0.05) is 391 Å². The minimum Gasteiger partial charge on any atom is -0.310 e. The van der Waals surface area contributed by atoms with Crippen molar-refractivity contribution in [1.29, 1.82) is 0 Å². The first-order chi connectivity index (χ1) is 75.2. The molecule has 8 nitrogen and oxygen atoms in total. The Balaban J connectivity index is 0.000000124. The highest BCUT2D eigenvalue weighted by atomic mass is 79.9. The molecule has 0 amide bonds. The predicted octanol–water partition coefficient (Wildman–Crippen LogP) is 40.6. The topological polar surface area (TPSA) is 29.3 Å². The van der Waals surface area contributed by atoms with Gasteiger partial charge in [0.1, 0.15) is 0 Å². The summed E-state index contributed by atoms with van der Waals surface area (Å²) in [6, 6.07) is 183. The van der Waals surface area contributed by atoms with Crippen LogP contribution in [0.5, 0.6) is 0 Å². The van der Waals surface area contributed by atoms with Crippen LogP contribution >= 0.6 is 47.8 Å². The van der Waals surface area contributed by atoms with Crippen LogP contribution in [0.25, 0.3) is 88.4 Å². The van der Waals surface area contributed by atoms with E-state index >= 15 is 0 Å². The van der Waals surface area contributed by atoms with Crippen LogP contribution in [0.2, 0.25) is 0 Å². The van der Waals surface area contributed by atoms with Crippen molar-refractivity contribution in [3.8, 4) is 44.8 Å². The lowest BCUT2D eigenvalue weighted by molar-refractivity contribution is 0.660.